The Morgan fingerprint density at radius 2 is 1.08 bits per heavy atom. The summed E-state index contributed by atoms with van der Waals surface area (Å²) in [4.78, 5) is 0. The molecule has 0 N–H and O–H groups in total. The fraction of sp³-hybridized carbons (Fsp3) is 1.00. The fourth-order valence-electron chi connectivity index (χ4n) is 2.29. The van der Waals surface area contributed by atoms with Gasteiger partial charge in [0.15, 0.2) is 0 Å². The van der Waals surface area contributed by atoms with Gasteiger partial charge < -0.3 is 0 Å². The third kappa shape index (κ3) is 6.87. The predicted octanol–water partition coefficient (Wildman–Crippen LogP) is 4.90. The maximum Gasteiger partial charge on any atom is 0.0677 e. The lowest BCUT2D eigenvalue weighted by Gasteiger charge is -2.32. The second-order valence-electron chi connectivity index (χ2n) is 5.39. The average molecular weight is 234 g/mol. The maximum absolute atomic E-state index is 2.60. The van der Waals surface area contributed by atoms with Crippen LogP contribution in [0.1, 0.15) is 26.7 Å². The van der Waals surface area contributed by atoms with E-state index in [9.17, 15) is 0 Å². The van der Waals surface area contributed by atoms with E-state index in [0.29, 0.717) is 0 Å². The van der Waals surface area contributed by atoms with Gasteiger partial charge in [-0.3, -0.25) is 0 Å². The van der Waals surface area contributed by atoms with Crippen LogP contribution >= 0.6 is 7.68 Å². The lowest BCUT2D eigenvalue weighted by atomic mass is 10.6. The van der Waals surface area contributed by atoms with Crippen molar-refractivity contribution in [2.24, 2.45) is 0 Å². The molecule has 3 heteroatoms. The van der Waals surface area contributed by atoms with Crippen LogP contribution in [0.3, 0.4) is 0 Å². The fourth-order valence-corrected chi connectivity index (χ4v) is 33.4. The van der Waals surface area contributed by atoms with Crippen molar-refractivity contribution in [3.63, 3.8) is 0 Å². The van der Waals surface area contributed by atoms with Crippen molar-refractivity contribution in [2.45, 2.75) is 65.0 Å². The first kappa shape index (κ1) is 13.9. The molecule has 0 bridgehead atoms. The van der Waals surface area contributed by atoms with Gasteiger partial charge in [0, 0.05) is 0 Å². The summed E-state index contributed by atoms with van der Waals surface area (Å²) in [6.07, 6.45) is 2.81. The molecule has 0 spiro atoms. The first-order valence-corrected chi connectivity index (χ1v) is 15.0. The van der Waals surface area contributed by atoms with Gasteiger partial charge in [0.25, 0.3) is 0 Å². The minimum absolute atomic E-state index is 0.786. The minimum Gasteiger partial charge on any atom is -0.144 e. The molecule has 0 aromatic carbocycles. The van der Waals surface area contributed by atoms with Crippen LogP contribution in [-0.4, -0.2) is 15.5 Å². The van der Waals surface area contributed by atoms with Crippen molar-refractivity contribution in [3.05, 3.63) is 0 Å². The topological polar surface area (TPSA) is 0 Å². The summed E-state index contributed by atoms with van der Waals surface area (Å²) in [7, 11) is -0.196. The monoisotopic (exact) mass is 234 g/mol. The molecule has 0 aromatic rings. The molecule has 0 atom stereocenters. The van der Waals surface area contributed by atoms with E-state index in [0.717, 1.165) is 0 Å². The predicted molar refractivity (Wildman–Crippen MR) is 73.5 cm³/mol. The third-order valence-corrected chi connectivity index (χ3v) is 25.0. The average Bonchev–Trinajstić information content (AvgIpc) is 1.82. The van der Waals surface area contributed by atoms with Crippen LogP contribution < -0.4 is 0 Å². The van der Waals surface area contributed by atoms with Gasteiger partial charge in [-0.15, -0.1) is 7.68 Å². The summed E-state index contributed by atoms with van der Waals surface area (Å²) in [6, 6.07) is 3.09. The van der Waals surface area contributed by atoms with Crippen LogP contribution in [0, 0.1) is 0 Å². The first-order valence-electron chi connectivity index (χ1n) is 5.62. The Hall–Kier alpha value is 0.864. The zero-order valence-electron chi connectivity index (χ0n) is 10.3. The quantitative estimate of drug-likeness (QED) is 0.453. The molecule has 13 heavy (non-hydrogen) atoms. The highest BCUT2D eigenvalue weighted by atomic mass is 31.6. The zero-order valence-corrected chi connectivity index (χ0v) is 13.3. The van der Waals surface area contributed by atoms with Crippen molar-refractivity contribution in [1.82, 2.24) is 0 Å². The number of hydrogen-bond acceptors (Lipinski definition) is 0. The van der Waals surface area contributed by atoms with Crippen LogP contribution in [-0.2, 0) is 0 Å². The molecule has 0 aliphatic carbocycles. The maximum atomic E-state index is 2.60. The lowest BCUT2D eigenvalue weighted by molar-refractivity contribution is 1.06. The molecule has 0 radical (unpaired) electrons. The lowest BCUT2D eigenvalue weighted by Crippen LogP contribution is -2.30. The van der Waals surface area contributed by atoms with Crippen molar-refractivity contribution < 1.29 is 0 Å². The highest BCUT2D eigenvalue weighted by molar-refractivity contribution is 8.07. The second-order valence-corrected chi connectivity index (χ2v) is 25.3. The van der Waals surface area contributed by atoms with E-state index in [2.05, 4.69) is 40.0 Å². The van der Waals surface area contributed by atoms with E-state index in [4.69, 9.17) is 0 Å². The normalized spacial score (nSPS) is 13.4. The third-order valence-electron chi connectivity index (χ3n) is 2.43. The van der Waals surface area contributed by atoms with Crippen LogP contribution in [0.25, 0.3) is 0 Å². The van der Waals surface area contributed by atoms with Gasteiger partial charge in [-0.2, -0.15) is 0 Å². The molecule has 80 valence electrons. The molecule has 0 nitrogen and oxygen atoms in total. The molecule has 0 aromatic heterocycles. The van der Waals surface area contributed by atoms with Crippen LogP contribution in [0.5, 0.6) is 0 Å². The highest BCUT2D eigenvalue weighted by Gasteiger charge is 2.29. The van der Waals surface area contributed by atoms with Gasteiger partial charge in [-0.05, 0) is 0 Å². The smallest absolute Gasteiger partial charge is 0.0677 e. The summed E-state index contributed by atoms with van der Waals surface area (Å²) in [5.74, 6) is 0. The molecule has 0 aliphatic rings. The summed E-state index contributed by atoms with van der Waals surface area (Å²) in [6.45, 7) is 15.1. The van der Waals surface area contributed by atoms with Crippen molar-refractivity contribution >= 4 is 23.2 Å². The van der Waals surface area contributed by atoms with Crippen molar-refractivity contribution in [2.75, 3.05) is 0 Å². The van der Waals surface area contributed by atoms with Gasteiger partial charge in [-0.25, -0.2) is 0 Å². The standard InChI is InChI=1S/C10H27PSi2/c1-7-9-12(3,4)11-13(5,6)10-8-2/h11H,7-10H2,1-6H3. The summed E-state index contributed by atoms with van der Waals surface area (Å²) in [5.41, 5.74) is 0. The van der Waals surface area contributed by atoms with E-state index in [1.165, 1.54) is 20.5 Å². The Bertz CT molecular complexity index is 128. The minimum atomic E-state index is -0.786. The largest absolute Gasteiger partial charge is 0.144 e. The van der Waals surface area contributed by atoms with E-state index in [1.54, 1.807) is 12.1 Å². The first-order chi connectivity index (χ1) is 5.83. The molecule has 0 saturated carbocycles. The van der Waals surface area contributed by atoms with Gasteiger partial charge in [0.1, 0.15) is 0 Å². The van der Waals surface area contributed by atoms with Crippen LogP contribution in [0.2, 0.25) is 38.3 Å². The van der Waals surface area contributed by atoms with E-state index in [1.807, 2.05) is 0 Å². The van der Waals surface area contributed by atoms with E-state index < -0.39 is 15.5 Å². The Labute approximate surface area is 88.4 Å². The number of rotatable bonds is 6. The SMILES string of the molecule is CCC[Si](C)(C)P[Si](C)(C)CCC. The molecule has 0 heterocycles. The van der Waals surface area contributed by atoms with E-state index >= 15 is 0 Å². The summed E-state index contributed by atoms with van der Waals surface area (Å²) < 4.78 is 0. The molecule has 0 aliphatic heterocycles. The van der Waals surface area contributed by atoms with Crippen LogP contribution in [0.15, 0.2) is 0 Å². The molecule has 0 unspecified atom stereocenters. The van der Waals surface area contributed by atoms with Gasteiger partial charge >= 0.3 is 0 Å². The highest BCUT2D eigenvalue weighted by Crippen LogP contribution is 2.42. The zero-order chi connectivity index (χ0) is 10.5. The molecule has 0 amide bonds. The van der Waals surface area contributed by atoms with Gasteiger partial charge in [0.05, 0.1) is 15.5 Å². The van der Waals surface area contributed by atoms with Crippen molar-refractivity contribution in [1.29, 1.82) is 0 Å². The van der Waals surface area contributed by atoms with Crippen LogP contribution in [0.4, 0.5) is 0 Å². The molecular formula is C10H27PSi2. The second kappa shape index (κ2) is 5.67. The van der Waals surface area contributed by atoms with Crippen molar-refractivity contribution in [3.8, 4) is 0 Å². The molecule has 0 saturated heterocycles. The molecular weight excluding hydrogens is 207 g/mol. The molecule has 0 rings (SSSR count). The Morgan fingerprint density at radius 3 is 1.31 bits per heavy atom. The van der Waals surface area contributed by atoms with E-state index in [-0.39, 0.29) is 0 Å². The number of hydrogen-bond donors (Lipinski definition) is 0. The Morgan fingerprint density at radius 1 is 0.769 bits per heavy atom. The summed E-state index contributed by atoms with van der Waals surface area (Å²) >= 11 is 0. The Kier molecular flexibility index (Phi) is 6.05. The molecule has 0 fully saturated rings. The Balaban J connectivity index is 4.07. The van der Waals surface area contributed by atoms with Gasteiger partial charge in [0.2, 0.25) is 0 Å². The summed E-state index contributed by atoms with van der Waals surface area (Å²) in [5, 5.41) is 0. The van der Waals surface area contributed by atoms with Gasteiger partial charge in [-0.1, -0.05) is 65.0 Å².